The Morgan fingerprint density at radius 3 is 2.45 bits per heavy atom. The maximum absolute atomic E-state index is 13.7. The number of carbonyl (C=O) groups is 1. The van der Waals surface area contributed by atoms with Crippen molar-refractivity contribution >= 4 is 40.4 Å². The zero-order valence-corrected chi connectivity index (χ0v) is 23.2. The van der Waals surface area contributed by atoms with E-state index in [9.17, 15) is 9.59 Å². The maximum Gasteiger partial charge on any atom is 0.338 e. The lowest BCUT2D eigenvalue weighted by atomic mass is 10.0. The molecule has 4 aromatic rings. The van der Waals surface area contributed by atoms with Crippen LogP contribution in [0.4, 0.5) is 5.69 Å². The smallest absolute Gasteiger partial charge is 0.338 e. The van der Waals surface area contributed by atoms with Gasteiger partial charge in [0.2, 0.25) is 0 Å². The monoisotopic (exact) mass is 543 g/mol. The lowest BCUT2D eigenvalue weighted by Crippen LogP contribution is -2.39. The van der Waals surface area contributed by atoms with Crippen molar-refractivity contribution in [3.63, 3.8) is 0 Å². The molecule has 0 N–H and O–H groups in total. The molecule has 3 heterocycles. The Bertz CT molecular complexity index is 1630. The van der Waals surface area contributed by atoms with Gasteiger partial charge in [0.05, 0.1) is 15.8 Å². The first-order valence-electron chi connectivity index (χ1n) is 12.6. The van der Waals surface area contributed by atoms with Crippen LogP contribution in [0.15, 0.2) is 93.2 Å². The van der Waals surface area contributed by atoms with Crippen molar-refractivity contribution in [3.8, 4) is 0 Å². The second-order valence-electron chi connectivity index (χ2n) is 8.92. The average Bonchev–Trinajstić information content (AvgIpc) is 3.57. The zero-order chi connectivity index (χ0) is 26.6. The number of anilines is 1. The first kappa shape index (κ1) is 25.9. The fourth-order valence-electron chi connectivity index (χ4n) is 4.62. The Morgan fingerprint density at radius 2 is 1.79 bits per heavy atom. The van der Waals surface area contributed by atoms with Crippen LogP contribution in [-0.4, -0.2) is 23.6 Å². The van der Waals surface area contributed by atoms with Crippen molar-refractivity contribution in [1.29, 1.82) is 0 Å². The standard InChI is InChI=1S/C30H29N3O3S2/c1-4-32(5-2)23-15-13-21(14-16-23)18-25-28(34)33-27(24-12-9-17-37-24)26(20(3)31-30(33)38-25)29(35)36-19-22-10-7-6-8-11-22/h6-18,27H,4-5,19H2,1-3H3. The molecule has 0 aliphatic carbocycles. The van der Waals surface area contributed by atoms with Crippen molar-refractivity contribution in [2.75, 3.05) is 18.0 Å². The summed E-state index contributed by atoms with van der Waals surface area (Å²) in [6.45, 7) is 8.11. The molecule has 0 bridgehead atoms. The quantitative estimate of drug-likeness (QED) is 0.297. The Morgan fingerprint density at radius 1 is 1.05 bits per heavy atom. The molecule has 1 atom stereocenters. The summed E-state index contributed by atoms with van der Waals surface area (Å²) < 4.78 is 7.91. The Labute approximate surface area is 229 Å². The van der Waals surface area contributed by atoms with Crippen LogP contribution in [-0.2, 0) is 16.1 Å². The van der Waals surface area contributed by atoms with E-state index >= 15 is 0 Å². The third-order valence-corrected chi connectivity index (χ3v) is 8.49. The molecule has 0 radical (unpaired) electrons. The second kappa shape index (κ2) is 11.3. The minimum atomic E-state index is -0.582. The summed E-state index contributed by atoms with van der Waals surface area (Å²) in [5, 5.41) is 1.95. The van der Waals surface area contributed by atoms with Crippen molar-refractivity contribution in [2.24, 2.45) is 4.99 Å². The molecule has 0 amide bonds. The van der Waals surface area contributed by atoms with Crippen LogP contribution in [0.5, 0.6) is 0 Å². The number of esters is 1. The van der Waals surface area contributed by atoms with Gasteiger partial charge in [0.15, 0.2) is 4.80 Å². The SMILES string of the molecule is CCN(CC)c1ccc(C=c2sc3n(c2=O)C(c2cccs2)C(C(=O)OCc2ccccc2)=C(C)N=3)cc1. The van der Waals surface area contributed by atoms with Gasteiger partial charge in [-0.25, -0.2) is 9.79 Å². The molecule has 0 spiro atoms. The van der Waals surface area contributed by atoms with Crippen LogP contribution in [0, 0.1) is 0 Å². The van der Waals surface area contributed by atoms with Gasteiger partial charge in [-0.05, 0) is 61.6 Å². The predicted octanol–water partition coefficient (Wildman–Crippen LogP) is 4.89. The first-order chi connectivity index (χ1) is 18.5. The van der Waals surface area contributed by atoms with Gasteiger partial charge in [-0.15, -0.1) is 11.3 Å². The van der Waals surface area contributed by atoms with Gasteiger partial charge in [-0.3, -0.25) is 9.36 Å². The Balaban J connectivity index is 1.53. The Kier molecular flexibility index (Phi) is 7.72. The fourth-order valence-corrected chi connectivity index (χ4v) is 6.49. The molecule has 38 heavy (non-hydrogen) atoms. The van der Waals surface area contributed by atoms with Gasteiger partial charge < -0.3 is 9.64 Å². The van der Waals surface area contributed by atoms with E-state index in [0.29, 0.717) is 20.6 Å². The van der Waals surface area contributed by atoms with Crippen molar-refractivity contribution < 1.29 is 9.53 Å². The molecule has 194 valence electrons. The number of fused-ring (bicyclic) bond motifs is 1. The van der Waals surface area contributed by atoms with Crippen molar-refractivity contribution in [2.45, 2.75) is 33.4 Å². The number of thiazole rings is 1. The molecule has 8 heteroatoms. The van der Waals surface area contributed by atoms with Crippen LogP contribution >= 0.6 is 22.7 Å². The summed E-state index contributed by atoms with van der Waals surface area (Å²) in [4.78, 5) is 35.6. The van der Waals surface area contributed by atoms with E-state index in [0.717, 1.165) is 34.8 Å². The summed E-state index contributed by atoms with van der Waals surface area (Å²) in [5.74, 6) is -0.463. The largest absolute Gasteiger partial charge is 0.457 e. The molecular weight excluding hydrogens is 514 g/mol. The minimum Gasteiger partial charge on any atom is -0.457 e. The van der Waals surface area contributed by atoms with E-state index in [1.807, 2.05) is 73.0 Å². The maximum atomic E-state index is 13.7. The number of rotatable bonds is 8. The van der Waals surface area contributed by atoms with Gasteiger partial charge in [-0.1, -0.05) is 59.9 Å². The minimum absolute atomic E-state index is 0.154. The number of thiophene rings is 1. The van der Waals surface area contributed by atoms with Crippen LogP contribution in [0.3, 0.4) is 0 Å². The molecule has 0 fully saturated rings. The molecule has 0 saturated carbocycles. The van der Waals surface area contributed by atoms with E-state index in [1.54, 1.807) is 4.57 Å². The Hall–Kier alpha value is -3.75. The van der Waals surface area contributed by atoms with Crippen LogP contribution in [0.25, 0.3) is 6.08 Å². The first-order valence-corrected chi connectivity index (χ1v) is 14.3. The van der Waals surface area contributed by atoms with Crippen LogP contribution < -0.4 is 19.8 Å². The van der Waals surface area contributed by atoms with Gasteiger partial charge in [0, 0.05) is 23.7 Å². The normalized spacial score (nSPS) is 15.2. The summed E-state index contributed by atoms with van der Waals surface area (Å²) in [6, 6.07) is 21.1. The fraction of sp³-hybridized carbons (Fsp3) is 0.233. The molecule has 1 aliphatic heterocycles. The van der Waals surface area contributed by atoms with Gasteiger partial charge in [0.25, 0.3) is 5.56 Å². The number of ether oxygens (including phenoxy) is 1. The van der Waals surface area contributed by atoms with Gasteiger partial charge >= 0.3 is 5.97 Å². The number of aromatic nitrogens is 1. The number of nitrogens with zero attached hydrogens (tertiary/aromatic N) is 3. The molecule has 2 aromatic carbocycles. The third kappa shape index (κ3) is 5.14. The third-order valence-electron chi connectivity index (χ3n) is 6.59. The summed E-state index contributed by atoms with van der Waals surface area (Å²) in [7, 11) is 0. The highest BCUT2D eigenvalue weighted by Gasteiger charge is 2.34. The highest BCUT2D eigenvalue weighted by molar-refractivity contribution is 7.10. The number of hydrogen-bond donors (Lipinski definition) is 0. The zero-order valence-electron chi connectivity index (χ0n) is 21.6. The average molecular weight is 544 g/mol. The highest BCUT2D eigenvalue weighted by atomic mass is 32.1. The highest BCUT2D eigenvalue weighted by Crippen LogP contribution is 2.33. The van der Waals surface area contributed by atoms with Crippen molar-refractivity contribution in [1.82, 2.24) is 4.57 Å². The van der Waals surface area contributed by atoms with Crippen LogP contribution in [0.2, 0.25) is 0 Å². The van der Waals surface area contributed by atoms with E-state index in [1.165, 1.54) is 22.7 Å². The number of benzene rings is 2. The van der Waals surface area contributed by atoms with Gasteiger partial charge in [-0.2, -0.15) is 0 Å². The molecule has 5 rings (SSSR count). The topological polar surface area (TPSA) is 63.9 Å². The molecule has 1 unspecified atom stereocenters. The lowest BCUT2D eigenvalue weighted by Gasteiger charge is -2.23. The number of carbonyl (C=O) groups excluding carboxylic acids is 1. The lowest BCUT2D eigenvalue weighted by molar-refractivity contribution is -0.140. The van der Waals surface area contributed by atoms with Crippen molar-refractivity contribution in [3.05, 3.63) is 119 Å². The molecule has 2 aromatic heterocycles. The number of allylic oxidation sites excluding steroid dienone is 1. The summed E-state index contributed by atoms with van der Waals surface area (Å²) >= 11 is 2.85. The van der Waals surface area contributed by atoms with Crippen LogP contribution in [0.1, 0.15) is 42.8 Å². The molecule has 1 aliphatic rings. The van der Waals surface area contributed by atoms with E-state index in [-0.39, 0.29) is 12.2 Å². The van der Waals surface area contributed by atoms with E-state index < -0.39 is 12.0 Å². The number of hydrogen-bond acceptors (Lipinski definition) is 7. The van der Waals surface area contributed by atoms with E-state index in [2.05, 4.69) is 35.9 Å². The second-order valence-corrected chi connectivity index (χ2v) is 10.9. The summed E-state index contributed by atoms with van der Waals surface area (Å²) in [6.07, 6.45) is 1.90. The molecule has 0 saturated heterocycles. The predicted molar refractivity (Wildman–Crippen MR) is 154 cm³/mol. The molecule has 6 nitrogen and oxygen atoms in total. The molecular formula is C30H29N3O3S2. The summed E-state index contributed by atoms with van der Waals surface area (Å²) in [5.41, 5.74) is 3.79. The van der Waals surface area contributed by atoms with Gasteiger partial charge in [0.1, 0.15) is 12.6 Å². The van der Waals surface area contributed by atoms with E-state index in [4.69, 9.17) is 4.74 Å².